The van der Waals surface area contributed by atoms with Crippen LogP contribution < -0.4 is 5.32 Å². The summed E-state index contributed by atoms with van der Waals surface area (Å²) in [5.41, 5.74) is 0. The van der Waals surface area contributed by atoms with E-state index >= 15 is 0 Å². The molecule has 1 unspecified atom stereocenters. The first-order valence-electron chi connectivity index (χ1n) is 8.04. The quantitative estimate of drug-likeness (QED) is 0.585. The summed E-state index contributed by atoms with van der Waals surface area (Å²) >= 11 is 0. The first-order chi connectivity index (χ1) is 9.24. The fourth-order valence-corrected chi connectivity index (χ4v) is 2.96. The molecule has 1 N–H and O–H groups in total. The summed E-state index contributed by atoms with van der Waals surface area (Å²) in [5.74, 6) is 1.72. The third kappa shape index (κ3) is 7.91. The summed E-state index contributed by atoms with van der Waals surface area (Å²) in [6.45, 7) is 8.16. The molecule has 0 aromatic rings. The molecule has 19 heavy (non-hydrogen) atoms. The third-order valence-electron chi connectivity index (χ3n) is 4.12. The van der Waals surface area contributed by atoms with Crippen molar-refractivity contribution < 1.29 is 9.47 Å². The average molecular weight is 271 g/mol. The van der Waals surface area contributed by atoms with Crippen molar-refractivity contribution in [2.75, 3.05) is 33.5 Å². The van der Waals surface area contributed by atoms with Crippen LogP contribution in [0.25, 0.3) is 0 Å². The van der Waals surface area contributed by atoms with E-state index in [9.17, 15) is 0 Å². The van der Waals surface area contributed by atoms with Gasteiger partial charge in [-0.3, -0.25) is 0 Å². The SMILES string of the molecule is COCCCOCCC(CNC(C)C)C1CCCC1. The molecule has 0 aromatic heterocycles. The lowest BCUT2D eigenvalue weighted by Crippen LogP contribution is -2.32. The van der Waals surface area contributed by atoms with Crippen LogP contribution in [0.3, 0.4) is 0 Å². The molecular weight excluding hydrogens is 238 g/mol. The van der Waals surface area contributed by atoms with Crippen LogP contribution in [-0.2, 0) is 9.47 Å². The van der Waals surface area contributed by atoms with E-state index in [1.807, 2.05) is 0 Å². The molecule has 3 nitrogen and oxygen atoms in total. The predicted octanol–water partition coefficient (Wildman–Crippen LogP) is 3.23. The van der Waals surface area contributed by atoms with Crippen molar-refractivity contribution >= 4 is 0 Å². The Hall–Kier alpha value is -0.120. The highest BCUT2D eigenvalue weighted by molar-refractivity contribution is 4.77. The predicted molar refractivity (Wildman–Crippen MR) is 80.5 cm³/mol. The topological polar surface area (TPSA) is 30.5 Å². The molecule has 0 saturated heterocycles. The van der Waals surface area contributed by atoms with Gasteiger partial charge in [0.1, 0.15) is 0 Å². The van der Waals surface area contributed by atoms with E-state index < -0.39 is 0 Å². The summed E-state index contributed by atoms with van der Waals surface area (Å²) in [7, 11) is 1.74. The summed E-state index contributed by atoms with van der Waals surface area (Å²) in [4.78, 5) is 0. The van der Waals surface area contributed by atoms with Gasteiger partial charge in [-0.2, -0.15) is 0 Å². The van der Waals surface area contributed by atoms with E-state index in [1.54, 1.807) is 7.11 Å². The maximum absolute atomic E-state index is 5.72. The van der Waals surface area contributed by atoms with Gasteiger partial charge in [-0.1, -0.05) is 39.5 Å². The molecule has 1 fully saturated rings. The molecule has 0 bridgehead atoms. The number of nitrogens with one attached hydrogen (secondary N) is 1. The van der Waals surface area contributed by atoms with Crippen LogP contribution >= 0.6 is 0 Å². The van der Waals surface area contributed by atoms with Crippen LogP contribution in [0.15, 0.2) is 0 Å². The van der Waals surface area contributed by atoms with Crippen molar-refractivity contribution in [1.82, 2.24) is 5.32 Å². The van der Waals surface area contributed by atoms with Gasteiger partial charge in [0.25, 0.3) is 0 Å². The lowest BCUT2D eigenvalue weighted by molar-refractivity contribution is 0.0872. The molecule has 3 heteroatoms. The van der Waals surface area contributed by atoms with Crippen molar-refractivity contribution in [3.05, 3.63) is 0 Å². The van der Waals surface area contributed by atoms with Gasteiger partial charge < -0.3 is 14.8 Å². The molecular formula is C16H33NO2. The Morgan fingerprint density at radius 2 is 1.84 bits per heavy atom. The molecule has 1 aliphatic rings. The van der Waals surface area contributed by atoms with Crippen LogP contribution in [0.1, 0.15) is 52.4 Å². The molecule has 0 aliphatic heterocycles. The zero-order valence-electron chi connectivity index (χ0n) is 13.1. The van der Waals surface area contributed by atoms with Crippen LogP contribution in [0.4, 0.5) is 0 Å². The summed E-state index contributed by atoms with van der Waals surface area (Å²) in [6, 6.07) is 0.589. The molecule has 0 spiro atoms. The Bertz CT molecular complexity index is 203. The second-order valence-corrected chi connectivity index (χ2v) is 6.11. The minimum Gasteiger partial charge on any atom is -0.385 e. The lowest BCUT2D eigenvalue weighted by atomic mass is 9.88. The normalized spacial score (nSPS) is 18.3. The fraction of sp³-hybridized carbons (Fsp3) is 1.00. The van der Waals surface area contributed by atoms with Crippen molar-refractivity contribution in [3.8, 4) is 0 Å². The van der Waals surface area contributed by atoms with Gasteiger partial charge in [-0.05, 0) is 31.2 Å². The van der Waals surface area contributed by atoms with Crippen LogP contribution in [0.5, 0.6) is 0 Å². The molecule has 0 amide bonds. The van der Waals surface area contributed by atoms with E-state index in [0.717, 1.165) is 44.6 Å². The van der Waals surface area contributed by atoms with E-state index in [2.05, 4.69) is 19.2 Å². The maximum Gasteiger partial charge on any atom is 0.0487 e. The highest BCUT2D eigenvalue weighted by Crippen LogP contribution is 2.32. The molecule has 1 saturated carbocycles. The number of ether oxygens (including phenoxy) is 2. The molecule has 0 radical (unpaired) electrons. The Morgan fingerprint density at radius 1 is 1.11 bits per heavy atom. The molecule has 1 aliphatic carbocycles. The Labute approximate surface area is 119 Å². The zero-order chi connectivity index (χ0) is 13.9. The number of methoxy groups -OCH3 is 1. The number of hydrogen-bond donors (Lipinski definition) is 1. The van der Waals surface area contributed by atoms with Crippen LogP contribution in [0.2, 0.25) is 0 Å². The van der Waals surface area contributed by atoms with E-state index in [0.29, 0.717) is 6.04 Å². The van der Waals surface area contributed by atoms with E-state index in [-0.39, 0.29) is 0 Å². The highest BCUT2D eigenvalue weighted by Gasteiger charge is 2.24. The van der Waals surface area contributed by atoms with Gasteiger partial charge in [-0.15, -0.1) is 0 Å². The number of hydrogen-bond acceptors (Lipinski definition) is 3. The van der Waals surface area contributed by atoms with Crippen molar-refractivity contribution in [2.45, 2.75) is 58.4 Å². The molecule has 1 rings (SSSR count). The van der Waals surface area contributed by atoms with Gasteiger partial charge in [0.15, 0.2) is 0 Å². The summed E-state index contributed by atoms with van der Waals surface area (Å²) < 4.78 is 10.8. The molecule has 114 valence electrons. The molecule has 0 aromatic carbocycles. The maximum atomic E-state index is 5.72. The Balaban J connectivity index is 2.16. The zero-order valence-corrected chi connectivity index (χ0v) is 13.1. The van der Waals surface area contributed by atoms with Crippen LogP contribution in [-0.4, -0.2) is 39.5 Å². The van der Waals surface area contributed by atoms with Crippen molar-refractivity contribution in [2.24, 2.45) is 11.8 Å². The summed E-state index contributed by atoms with van der Waals surface area (Å²) in [6.07, 6.45) is 7.92. The molecule has 0 heterocycles. The first kappa shape index (κ1) is 16.9. The molecule has 1 atom stereocenters. The summed E-state index contributed by atoms with van der Waals surface area (Å²) in [5, 5.41) is 3.61. The fourth-order valence-electron chi connectivity index (χ4n) is 2.96. The standard InChI is InChI=1S/C16H33NO2/c1-14(2)17-13-16(15-7-4-5-8-15)9-12-19-11-6-10-18-3/h14-17H,4-13H2,1-3H3. The van der Waals surface area contributed by atoms with Crippen LogP contribution in [0, 0.1) is 11.8 Å². The largest absolute Gasteiger partial charge is 0.385 e. The Morgan fingerprint density at radius 3 is 2.47 bits per heavy atom. The van der Waals surface area contributed by atoms with Gasteiger partial charge in [-0.25, -0.2) is 0 Å². The van der Waals surface area contributed by atoms with Gasteiger partial charge in [0, 0.05) is 33.0 Å². The van der Waals surface area contributed by atoms with Crippen molar-refractivity contribution in [1.29, 1.82) is 0 Å². The average Bonchev–Trinajstić information content (AvgIpc) is 2.90. The second-order valence-electron chi connectivity index (χ2n) is 6.11. The second kappa shape index (κ2) is 10.6. The number of rotatable bonds is 11. The smallest absolute Gasteiger partial charge is 0.0487 e. The van der Waals surface area contributed by atoms with Gasteiger partial charge in [0.2, 0.25) is 0 Å². The first-order valence-corrected chi connectivity index (χ1v) is 8.04. The minimum absolute atomic E-state index is 0.589. The van der Waals surface area contributed by atoms with Crippen molar-refractivity contribution in [3.63, 3.8) is 0 Å². The lowest BCUT2D eigenvalue weighted by Gasteiger charge is -2.25. The monoisotopic (exact) mass is 271 g/mol. The Kier molecular flexibility index (Phi) is 9.48. The van der Waals surface area contributed by atoms with Gasteiger partial charge in [0.05, 0.1) is 0 Å². The van der Waals surface area contributed by atoms with E-state index in [1.165, 1.54) is 32.1 Å². The third-order valence-corrected chi connectivity index (χ3v) is 4.12. The highest BCUT2D eigenvalue weighted by atomic mass is 16.5. The van der Waals surface area contributed by atoms with E-state index in [4.69, 9.17) is 9.47 Å². The van der Waals surface area contributed by atoms with Gasteiger partial charge >= 0.3 is 0 Å². The minimum atomic E-state index is 0.589.